The highest BCUT2D eigenvalue weighted by Gasteiger charge is 2.14. The van der Waals surface area contributed by atoms with Gasteiger partial charge in [0.15, 0.2) is 0 Å². The molecule has 7 heteroatoms. The summed E-state index contributed by atoms with van der Waals surface area (Å²) in [6.45, 7) is 9.44. The molecule has 4 rings (SSSR count). The van der Waals surface area contributed by atoms with E-state index < -0.39 is 0 Å². The minimum Gasteiger partial charge on any atom is -0.492 e. The molecule has 37 heavy (non-hydrogen) atoms. The van der Waals surface area contributed by atoms with Crippen molar-refractivity contribution < 1.29 is 18.3 Å². The van der Waals surface area contributed by atoms with Crippen LogP contribution in [0.5, 0.6) is 5.75 Å². The van der Waals surface area contributed by atoms with E-state index in [9.17, 15) is 13.6 Å². The first-order valence-electron chi connectivity index (χ1n) is 13.0. The van der Waals surface area contributed by atoms with Crippen LogP contribution < -0.4 is 4.74 Å². The van der Waals surface area contributed by atoms with Gasteiger partial charge in [-0.3, -0.25) is 14.7 Å². The Balaban J connectivity index is 0.00000186. The molecule has 0 radical (unpaired) electrons. The molecule has 2 aromatic carbocycles. The standard InChI is InChI=1S/C28H31F2N3O2.C2H6/c1-32-10-12-33(13-11-32)14-15-35-28-17-21(16-25(30)18-28)2-9-27(34)19-26-8-5-23(20-31-26)22-3-6-24(29)7-4-22;1-2/h3-8,16-18,20H,2,9-15,19H2,1H3;1-2H3. The number of carbonyl (C=O) groups excluding carboxylic acids is 1. The highest BCUT2D eigenvalue weighted by atomic mass is 19.1. The highest BCUT2D eigenvalue weighted by molar-refractivity contribution is 5.80. The van der Waals surface area contributed by atoms with Gasteiger partial charge in [0.1, 0.15) is 29.8 Å². The largest absolute Gasteiger partial charge is 0.492 e. The van der Waals surface area contributed by atoms with Crippen molar-refractivity contribution in [3.8, 4) is 16.9 Å². The number of likely N-dealkylation sites (N-methyl/N-ethyl adjacent to an activating group) is 1. The Bertz CT molecular complexity index is 1110. The molecule has 2 heterocycles. The zero-order valence-electron chi connectivity index (χ0n) is 22.1. The molecule has 0 spiro atoms. The van der Waals surface area contributed by atoms with Crippen LogP contribution in [0.3, 0.4) is 0 Å². The lowest BCUT2D eigenvalue weighted by molar-refractivity contribution is -0.118. The number of hydrogen-bond donors (Lipinski definition) is 0. The summed E-state index contributed by atoms with van der Waals surface area (Å²) in [5.74, 6) is -0.109. The first-order valence-corrected chi connectivity index (χ1v) is 13.0. The minimum atomic E-state index is -0.359. The maximum Gasteiger partial charge on any atom is 0.139 e. The quantitative estimate of drug-likeness (QED) is 0.365. The molecule has 0 aliphatic carbocycles. The van der Waals surface area contributed by atoms with E-state index >= 15 is 0 Å². The third kappa shape index (κ3) is 9.34. The summed E-state index contributed by atoms with van der Waals surface area (Å²) in [5.41, 5.74) is 3.14. The van der Waals surface area contributed by atoms with Crippen LogP contribution >= 0.6 is 0 Å². The molecule has 1 aliphatic rings. The average molecular weight is 510 g/mol. The lowest BCUT2D eigenvalue weighted by Gasteiger charge is -2.32. The number of carbonyl (C=O) groups is 1. The van der Waals surface area contributed by atoms with Crippen molar-refractivity contribution >= 4 is 5.78 Å². The number of nitrogens with zero attached hydrogens (tertiary/aromatic N) is 3. The summed E-state index contributed by atoms with van der Waals surface area (Å²) in [4.78, 5) is 21.5. The van der Waals surface area contributed by atoms with E-state index in [-0.39, 0.29) is 23.8 Å². The molecule has 1 saturated heterocycles. The van der Waals surface area contributed by atoms with Crippen LogP contribution in [0.25, 0.3) is 11.1 Å². The topological polar surface area (TPSA) is 45.7 Å². The number of piperazine rings is 1. The number of Topliss-reactive ketones (excluding diaryl/α,β-unsaturated/α-hetero) is 1. The van der Waals surface area contributed by atoms with Gasteiger partial charge in [-0.05, 0) is 54.9 Å². The number of hydrogen-bond acceptors (Lipinski definition) is 5. The monoisotopic (exact) mass is 509 g/mol. The van der Waals surface area contributed by atoms with Crippen LogP contribution in [-0.2, 0) is 17.6 Å². The molecule has 0 saturated carbocycles. The molecule has 1 aromatic heterocycles. The van der Waals surface area contributed by atoms with Gasteiger partial charge in [0.2, 0.25) is 0 Å². The Hall–Kier alpha value is -3.16. The summed E-state index contributed by atoms with van der Waals surface area (Å²) in [6, 6.07) is 14.5. The third-order valence-corrected chi connectivity index (χ3v) is 6.28. The molecule has 3 aromatic rings. The molecule has 5 nitrogen and oxygen atoms in total. The van der Waals surface area contributed by atoms with Crippen molar-refractivity contribution in [1.29, 1.82) is 0 Å². The first kappa shape index (κ1) is 28.4. The SMILES string of the molecule is CC.CN1CCN(CCOc2cc(F)cc(CCC(=O)Cc3ccc(-c4ccc(F)cc4)cn3)c2)CC1. The lowest BCUT2D eigenvalue weighted by atomic mass is 10.0. The summed E-state index contributed by atoms with van der Waals surface area (Å²) >= 11 is 0. The number of ether oxygens (including phenoxy) is 1. The van der Waals surface area contributed by atoms with Gasteiger partial charge in [-0.1, -0.05) is 32.0 Å². The number of rotatable bonds is 10. The Kier molecular flexibility index (Phi) is 11.2. The summed E-state index contributed by atoms with van der Waals surface area (Å²) < 4.78 is 33.0. The van der Waals surface area contributed by atoms with E-state index in [1.54, 1.807) is 18.3 Å². The van der Waals surface area contributed by atoms with E-state index in [1.165, 1.54) is 24.3 Å². The third-order valence-electron chi connectivity index (χ3n) is 6.28. The average Bonchev–Trinajstić information content (AvgIpc) is 2.91. The van der Waals surface area contributed by atoms with Crippen LogP contribution in [0, 0.1) is 11.6 Å². The molecule has 0 unspecified atom stereocenters. The van der Waals surface area contributed by atoms with Crippen molar-refractivity contribution in [3.63, 3.8) is 0 Å². The van der Waals surface area contributed by atoms with Crippen LogP contribution in [0.15, 0.2) is 60.8 Å². The number of aromatic nitrogens is 1. The highest BCUT2D eigenvalue weighted by Crippen LogP contribution is 2.20. The molecule has 1 aliphatic heterocycles. The Morgan fingerprint density at radius 3 is 2.30 bits per heavy atom. The zero-order valence-corrected chi connectivity index (χ0v) is 22.1. The summed E-state index contributed by atoms with van der Waals surface area (Å²) in [6.07, 6.45) is 2.65. The zero-order chi connectivity index (χ0) is 26.6. The smallest absolute Gasteiger partial charge is 0.139 e. The van der Waals surface area contributed by atoms with Gasteiger partial charge in [-0.2, -0.15) is 0 Å². The van der Waals surface area contributed by atoms with Gasteiger partial charge < -0.3 is 9.64 Å². The van der Waals surface area contributed by atoms with Gasteiger partial charge in [-0.15, -0.1) is 0 Å². The number of aryl methyl sites for hydroxylation is 1. The van der Waals surface area contributed by atoms with Gasteiger partial charge in [-0.25, -0.2) is 8.78 Å². The van der Waals surface area contributed by atoms with Crippen LogP contribution in [-0.4, -0.2) is 66.9 Å². The van der Waals surface area contributed by atoms with E-state index in [2.05, 4.69) is 21.8 Å². The normalized spacial score (nSPS) is 14.1. The molecule has 0 N–H and O–H groups in total. The fourth-order valence-electron chi connectivity index (χ4n) is 4.13. The molecular weight excluding hydrogens is 472 g/mol. The maximum atomic E-state index is 14.1. The van der Waals surface area contributed by atoms with Gasteiger partial charge in [0.05, 0.1) is 0 Å². The van der Waals surface area contributed by atoms with E-state index in [0.717, 1.165) is 49.4 Å². The number of ketones is 1. The first-order chi connectivity index (χ1) is 17.9. The lowest BCUT2D eigenvalue weighted by Crippen LogP contribution is -2.45. The van der Waals surface area contributed by atoms with Crippen molar-refractivity contribution in [1.82, 2.24) is 14.8 Å². The molecule has 1 fully saturated rings. The molecule has 0 bridgehead atoms. The number of benzene rings is 2. The Labute approximate surface area is 219 Å². The van der Waals surface area contributed by atoms with Gasteiger partial charge >= 0.3 is 0 Å². The fraction of sp³-hybridized carbons (Fsp3) is 0.400. The predicted octanol–water partition coefficient (Wildman–Crippen LogP) is 5.42. The number of halogens is 2. The van der Waals surface area contributed by atoms with Crippen molar-refractivity contribution in [3.05, 3.63) is 83.7 Å². The van der Waals surface area contributed by atoms with Crippen molar-refractivity contribution in [2.24, 2.45) is 0 Å². The second-order valence-corrected chi connectivity index (χ2v) is 9.05. The maximum absolute atomic E-state index is 14.1. The van der Waals surface area contributed by atoms with E-state index in [4.69, 9.17) is 4.74 Å². The molecule has 198 valence electrons. The second kappa shape index (κ2) is 14.5. The Morgan fingerprint density at radius 1 is 0.919 bits per heavy atom. The van der Waals surface area contributed by atoms with Crippen LogP contribution in [0.4, 0.5) is 8.78 Å². The predicted molar refractivity (Wildman–Crippen MR) is 144 cm³/mol. The minimum absolute atomic E-state index is 0.0360. The van der Waals surface area contributed by atoms with Gasteiger partial charge in [0, 0.05) is 69.1 Å². The second-order valence-electron chi connectivity index (χ2n) is 9.05. The summed E-state index contributed by atoms with van der Waals surface area (Å²) in [5, 5.41) is 0. The Morgan fingerprint density at radius 2 is 1.62 bits per heavy atom. The fourth-order valence-corrected chi connectivity index (χ4v) is 4.13. The van der Waals surface area contributed by atoms with Crippen LogP contribution in [0.2, 0.25) is 0 Å². The molecular formula is C30H37F2N3O2. The summed E-state index contributed by atoms with van der Waals surface area (Å²) in [7, 11) is 2.12. The number of pyridine rings is 1. The van der Waals surface area contributed by atoms with E-state index in [1.807, 2.05) is 32.0 Å². The molecule has 0 amide bonds. The molecule has 0 atom stereocenters. The van der Waals surface area contributed by atoms with Gasteiger partial charge in [0.25, 0.3) is 0 Å². The van der Waals surface area contributed by atoms with E-state index in [0.29, 0.717) is 30.9 Å². The van der Waals surface area contributed by atoms with Crippen LogP contribution in [0.1, 0.15) is 31.5 Å². The van der Waals surface area contributed by atoms with Crippen molar-refractivity contribution in [2.45, 2.75) is 33.1 Å². The van der Waals surface area contributed by atoms with Crippen molar-refractivity contribution in [2.75, 3.05) is 46.4 Å².